The summed E-state index contributed by atoms with van der Waals surface area (Å²) in [5.41, 5.74) is 2.56. The van der Waals surface area contributed by atoms with Gasteiger partial charge in [0.1, 0.15) is 11.5 Å². The van der Waals surface area contributed by atoms with Gasteiger partial charge >= 0.3 is 0 Å². The summed E-state index contributed by atoms with van der Waals surface area (Å²) in [5, 5.41) is 5.79. The van der Waals surface area contributed by atoms with Crippen molar-refractivity contribution in [2.24, 2.45) is 0 Å². The Morgan fingerprint density at radius 3 is 3.05 bits per heavy atom. The summed E-state index contributed by atoms with van der Waals surface area (Å²) < 4.78 is 11.0. The average Bonchev–Trinajstić information content (AvgIpc) is 2.89. The van der Waals surface area contributed by atoms with E-state index in [0.717, 1.165) is 31.1 Å². The number of thiophene rings is 1. The van der Waals surface area contributed by atoms with Crippen LogP contribution in [0.1, 0.15) is 28.5 Å². The number of benzene rings is 1. The molecule has 0 amide bonds. The summed E-state index contributed by atoms with van der Waals surface area (Å²) in [6.07, 6.45) is 0.991. The normalized spacial score (nSPS) is 17.4. The number of rotatable bonds is 4. The van der Waals surface area contributed by atoms with E-state index < -0.39 is 0 Å². The smallest absolute Gasteiger partial charge is 0.124 e. The van der Waals surface area contributed by atoms with Gasteiger partial charge in [-0.1, -0.05) is 0 Å². The van der Waals surface area contributed by atoms with Crippen LogP contribution in [0.3, 0.4) is 0 Å². The van der Waals surface area contributed by atoms with Gasteiger partial charge in [-0.3, -0.25) is 0 Å². The van der Waals surface area contributed by atoms with Crippen LogP contribution in [0.25, 0.3) is 0 Å². The van der Waals surface area contributed by atoms with Crippen molar-refractivity contribution in [3.63, 3.8) is 0 Å². The Labute approximate surface area is 123 Å². The van der Waals surface area contributed by atoms with Crippen molar-refractivity contribution >= 4 is 11.3 Å². The zero-order valence-corrected chi connectivity index (χ0v) is 12.6. The molecule has 1 aromatic carbocycles. The third kappa shape index (κ3) is 2.67. The summed E-state index contributed by atoms with van der Waals surface area (Å²) >= 11 is 1.81. The minimum absolute atomic E-state index is 0.329. The molecule has 1 unspecified atom stereocenters. The van der Waals surface area contributed by atoms with Crippen molar-refractivity contribution in [2.75, 3.05) is 13.7 Å². The number of nitrogens with one attached hydrogen (secondary N) is 1. The molecule has 1 aliphatic rings. The first-order valence-corrected chi connectivity index (χ1v) is 7.73. The van der Waals surface area contributed by atoms with Gasteiger partial charge in [0.15, 0.2) is 0 Å². The van der Waals surface area contributed by atoms with Gasteiger partial charge in [-0.25, -0.2) is 0 Å². The van der Waals surface area contributed by atoms with E-state index >= 15 is 0 Å². The van der Waals surface area contributed by atoms with Crippen molar-refractivity contribution < 1.29 is 9.47 Å². The Hall–Kier alpha value is -1.52. The summed E-state index contributed by atoms with van der Waals surface area (Å²) in [6.45, 7) is 3.83. The number of methoxy groups -OCH3 is 1. The van der Waals surface area contributed by atoms with Crippen LogP contribution >= 0.6 is 11.3 Å². The molecule has 0 saturated heterocycles. The van der Waals surface area contributed by atoms with E-state index in [9.17, 15) is 0 Å². The summed E-state index contributed by atoms with van der Waals surface area (Å²) in [7, 11) is 1.70. The van der Waals surface area contributed by atoms with Crippen molar-refractivity contribution in [1.29, 1.82) is 0 Å². The predicted octanol–water partition coefficient (Wildman–Crippen LogP) is 3.68. The van der Waals surface area contributed by atoms with E-state index in [0.29, 0.717) is 6.04 Å². The van der Waals surface area contributed by atoms with Crippen LogP contribution in [-0.4, -0.2) is 13.7 Å². The van der Waals surface area contributed by atoms with E-state index in [-0.39, 0.29) is 0 Å². The van der Waals surface area contributed by atoms with Gasteiger partial charge in [-0.2, -0.15) is 0 Å². The van der Waals surface area contributed by atoms with Gasteiger partial charge in [-0.05, 0) is 42.1 Å². The molecular formula is C16H19NO2S. The third-order valence-corrected chi connectivity index (χ3v) is 4.76. The lowest BCUT2D eigenvalue weighted by atomic mass is 10.00. The van der Waals surface area contributed by atoms with E-state index in [2.05, 4.69) is 29.8 Å². The fourth-order valence-corrected chi connectivity index (χ4v) is 3.37. The Kier molecular flexibility index (Phi) is 3.94. The topological polar surface area (TPSA) is 30.5 Å². The first-order valence-electron chi connectivity index (χ1n) is 6.85. The minimum atomic E-state index is 0.329. The Bertz CT molecular complexity index is 594. The fraction of sp³-hybridized carbons (Fsp3) is 0.375. The van der Waals surface area contributed by atoms with Gasteiger partial charge in [0, 0.05) is 29.4 Å². The zero-order valence-electron chi connectivity index (χ0n) is 11.8. The van der Waals surface area contributed by atoms with Gasteiger partial charge in [0.05, 0.1) is 13.7 Å². The number of aryl methyl sites for hydroxylation is 1. The van der Waals surface area contributed by atoms with Crippen LogP contribution < -0.4 is 14.8 Å². The molecule has 0 saturated carbocycles. The maximum absolute atomic E-state index is 5.72. The molecule has 0 fully saturated rings. The SMILES string of the molecule is COc1ccc2c(c1)C(NCc1sccc1C)CCO2. The van der Waals surface area contributed by atoms with Crippen molar-refractivity contribution in [2.45, 2.75) is 25.9 Å². The lowest BCUT2D eigenvalue weighted by Crippen LogP contribution is -2.26. The highest BCUT2D eigenvalue weighted by Gasteiger charge is 2.21. The molecule has 3 nitrogen and oxygen atoms in total. The third-order valence-electron chi connectivity index (χ3n) is 3.73. The second-order valence-electron chi connectivity index (χ2n) is 5.00. The maximum Gasteiger partial charge on any atom is 0.124 e. The molecule has 1 atom stereocenters. The molecule has 0 radical (unpaired) electrons. The number of hydrogen-bond donors (Lipinski definition) is 1. The molecule has 0 aliphatic carbocycles. The highest BCUT2D eigenvalue weighted by atomic mass is 32.1. The van der Waals surface area contributed by atoms with Gasteiger partial charge in [-0.15, -0.1) is 11.3 Å². The Morgan fingerprint density at radius 2 is 2.30 bits per heavy atom. The standard InChI is InChI=1S/C16H19NO2S/c1-11-6-8-20-16(11)10-17-14-5-7-19-15-4-3-12(18-2)9-13(14)15/h3-4,6,8-9,14,17H,5,7,10H2,1-2H3. The Balaban J connectivity index is 1.77. The molecule has 20 heavy (non-hydrogen) atoms. The Morgan fingerprint density at radius 1 is 1.40 bits per heavy atom. The first-order chi connectivity index (χ1) is 9.78. The summed E-state index contributed by atoms with van der Waals surface area (Å²) in [4.78, 5) is 1.40. The number of hydrogen-bond acceptors (Lipinski definition) is 4. The van der Waals surface area contributed by atoms with Crippen molar-refractivity contribution in [3.8, 4) is 11.5 Å². The first kappa shape index (κ1) is 13.5. The van der Waals surface area contributed by atoms with Crippen molar-refractivity contribution in [3.05, 3.63) is 45.6 Å². The molecule has 0 spiro atoms. The summed E-state index contributed by atoms with van der Waals surface area (Å²) in [5.74, 6) is 1.85. The van der Waals surface area contributed by atoms with Gasteiger partial charge in [0.2, 0.25) is 0 Å². The van der Waals surface area contributed by atoms with Crippen LogP contribution in [0.5, 0.6) is 11.5 Å². The van der Waals surface area contributed by atoms with Gasteiger partial charge < -0.3 is 14.8 Å². The summed E-state index contributed by atoms with van der Waals surface area (Å²) in [6, 6.07) is 8.52. The minimum Gasteiger partial charge on any atom is -0.497 e. The monoisotopic (exact) mass is 289 g/mol. The van der Waals surface area contributed by atoms with Crippen LogP contribution in [0, 0.1) is 6.92 Å². The van der Waals surface area contributed by atoms with E-state index in [1.807, 2.05) is 23.5 Å². The molecule has 4 heteroatoms. The number of ether oxygens (including phenoxy) is 2. The zero-order chi connectivity index (χ0) is 13.9. The maximum atomic E-state index is 5.72. The average molecular weight is 289 g/mol. The molecule has 106 valence electrons. The van der Waals surface area contributed by atoms with E-state index in [4.69, 9.17) is 9.47 Å². The van der Waals surface area contributed by atoms with Crippen LogP contribution in [0.2, 0.25) is 0 Å². The van der Waals surface area contributed by atoms with Crippen LogP contribution in [0.15, 0.2) is 29.6 Å². The van der Waals surface area contributed by atoms with Gasteiger partial charge in [0.25, 0.3) is 0 Å². The van der Waals surface area contributed by atoms with Crippen LogP contribution in [0.4, 0.5) is 0 Å². The highest BCUT2D eigenvalue weighted by molar-refractivity contribution is 7.10. The van der Waals surface area contributed by atoms with Crippen molar-refractivity contribution in [1.82, 2.24) is 5.32 Å². The lowest BCUT2D eigenvalue weighted by molar-refractivity contribution is 0.251. The molecule has 2 heterocycles. The highest BCUT2D eigenvalue weighted by Crippen LogP contribution is 2.35. The predicted molar refractivity (Wildman–Crippen MR) is 81.7 cm³/mol. The molecule has 1 N–H and O–H groups in total. The largest absolute Gasteiger partial charge is 0.497 e. The van der Waals surface area contributed by atoms with E-state index in [1.54, 1.807) is 7.11 Å². The molecule has 1 aliphatic heterocycles. The fourth-order valence-electron chi connectivity index (χ4n) is 2.51. The molecule has 3 rings (SSSR count). The second kappa shape index (κ2) is 5.85. The molecular weight excluding hydrogens is 270 g/mol. The second-order valence-corrected chi connectivity index (χ2v) is 6.00. The molecule has 1 aromatic heterocycles. The number of fused-ring (bicyclic) bond motifs is 1. The quantitative estimate of drug-likeness (QED) is 0.931. The lowest BCUT2D eigenvalue weighted by Gasteiger charge is -2.27. The van der Waals surface area contributed by atoms with Crippen LogP contribution in [-0.2, 0) is 6.54 Å². The molecule has 2 aromatic rings. The van der Waals surface area contributed by atoms with E-state index in [1.165, 1.54) is 16.0 Å². The molecule has 0 bridgehead atoms.